The van der Waals surface area contributed by atoms with Gasteiger partial charge in [-0.25, -0.2) is 0 Å². The number of hydrogen-bond donors (Lipinski definition) is 1. The molecule has 5 heteroatoms. The zero-order chi connectivity index (χ0) is 21.6. The van der Waals surface area contributed by atoms with E-state index in [-0.39, 0.29) is 12.0 Å². The van der Waals surface area contributed by atoms with Crippen LogP contribution in [0, 0.1) is 11.8 Å². The Morgan fingerprint density at radius 1 is 1.31 bits per heavy atom. The van der Waals surface area contributed by atoms with Crippen molar-refractivity contribution in [3.8, 4) is 0 Å². The van der Waals surface area contributed by atoms with Crippen LogP contribution in [0.4, 0.5) is 0 Å². The van der Waals surface area contributed by atoms with E-state index in [1.807, 2.05) is 11.8 Å². The third-order valence-corrected chi connectivity index (χ3v) is 5.51. The molecule has 0 spiro atoms. The lowest BCUT2D eigenvalue weighted by Crippen LogP contribution is -2.52. The van der Waals surface area contributed by atoms with Crippen LogP contribution in [0.15, 0.2) is 23.8 Å². The van der Waals surface area contributed by atoms with Gasteiger partial charge in [0.1, 0.15) is 6.10 Å². The lowest BCUT2D eigenvalue weighted by molar-refractivity contribution is -0.149. The van der Waals surface area contributed by atoms with Gasteiger partial charge in [0.05, 0.1) is 6.61 Å². The molecule has 1 aliphatic heterocycles. The summed E-state index contributed by atoms with van der Waals surface area (Å²) in [4.78, 5) is 17.7. The molecule has 0 aromatic heterocycles. The van der Waals surface area contributed by atoms with E-state index in [0.717, 1.165) is 51.9 Å². The van der Waals surface area contributed by atoms with Gasteiger partial charge in [-0.3, -0.25) is 9.69 Å². The van der Waals surface area contributed by atoms with Gasteiger partial charge in [0.25, 0.3) is 5.91 Å². The minimum absolute atomic E-state index is 0.143. The van der Waals surface area contributed by atoms with Gasteiger partial charge in [0, 0.05) is 32.7 Å². The number of nitrogens with two attached hydrogens (primary N) is 1. The van der Waals surface area contributed by atoms with Crippen molar-refractivity contribution in [1.82, 2.24) is 9.80 Å². The van der Waals surface area contributed by atoms with Crippen LogP contribution in [0.2, 0.25) is 0 Å². The highest BCUT2D eigenvalue weighted by Crippen LogP contribution is 2.15. The van der Waals surface area contributed by atoms with Crippen molar-refractivity contribution in [2.24, 2.45) is 17.6 Å². The standard InChI is InChI=1S/C24H45N3O2/c1-6-8-9-13-26-14-15-29-23(19-26)24(28)27(17-20(3)4)18-22(7-2)12-10-11-21(5)16-25/h6,8,12,20-21,23H,7,9-11,13-19,25H2,1-5H3/b8-6-,22-12+. The molecule has 1 aliphatic rings. The van der Waals surface area contributed by atoms with E-state index in [1.54, 1.807) is 0 Å². The Morgan fingerprint density at radius 2 is 2.07 bits per heavy atom. The molecule has 168 valence electrons. The third kappa shape index (κ3) is 10.4. The van der Waals surface area contributed by atoms with Crippen LogP contribution >= 0.6 is 0 Å². The molecule has 5 nitrogen and oxygen atoms in total. The van der Waals surface area contributed by atoms with Crippen molar-refractivity contribution in [3.05, 3.63) is 23.8 Å². The van der Waals surface area contributed by atoms with E-state index < -0.39 is 0 Å². The second kappa shape index (κ2) is 14.8. The lowest BCUT2D eigenvalue weighted by Gasteiger charge is -2.35. The van der Waals surface area contributed by atoms with Crippen LogP contribution in [0.3, 0.4) is 0 Å². The molecule has 0 aliphatic carbocycles. The summed E-state index contributed by atoms with van der Waals surface area (Å²) < 4.78 is 5.90. The minimum Gasteiger partial charge on any atom is -0.366 e. The largest absolute Gasteiger partial charge is 0.366 e. The van der Waals surface area contributed by atoms with E-state index >= 15 is 0 Å². The molecular formula is C24H45N3O2. The number of hydrogen-bond acceptors (Lipinski definition) is 4. The fraction of sp³-hybridized carbons (Fsp3) is 0.792. The molecule has 1 saturated heterocycles. The molecule has 0 radical (unpaired) electrons. The molecular weight excluding hydrogens is 362 g/mol. The number of amides is 1. The molecule has 0 saturated carbocycles. The smallest absolute Gasteiger partial charge is 0.253 e. The topological polar surface area (TPSA) is 58.8 Å². The fourth-order valence-electron chi connectivity index (χ4n) is 3.61. The Labute approximate surface area is 179 Å². The molecule has 2 unspecified atom stereocenters. The van der Waals surface area contributed by atoms with E-state index in [4.69, 9.17) is 10.5 Å². The summed E-state index contributed by atoms with van der Waals surface area (Å²) in [5.41, 5.74) is 7.07. The van der Waals surface area contributed by atoms with Crippen LogP contribution in [0.25, 0.3) is 0 Å². The summed E-state index contributed by atoms with van der Waals surface area (Å²) in [7, 11) is 0. The maximum Gasteiger partial charge on any atom is 0.253 e. The number of rotatable bonds is 13. The number of carbonyl (C=O) groups excluding carboxylic acids is 1. The molecule has 1 rings (SSSR count). The highest BCUT2D eigenvalue weighted by atomic mass is 16.5. The summed E-state index contributed by atoms with van der Waals surface area (Å²) >= 11 is 0. The third-order valence-electron chi connectivity index (χ3n) is 5.51. The van der Waals surface area contributed by atoms with Gasteiger partial charge in [0.2, 0.25) is 0 Å². The van der Waals surface area contributed by atoms with Crippen molar-refractivity contribution in [2.45, 2.75) is 66.4 Å². The van der Waals surface area contributed by atoms with E-state index in [2.05, 4.69) is 50.8 Å². The van der Waals surface area contributed by atoms with Gasteiger partial charge in [0.15, 0.2) is 0 Å². The van der Waals surface area contributed by atoms with Crippen LogP contribution in [0.1, 0.15) is 60.3 Å². The lowest BCUT2D eigenvalue weighted by atomic mass is 10.0. The first-order valence-electron chi connectivity index (χ1n) is 11.5. The van der Waals surface area contributed by atoms with Crippen molar-refractivity contribution >= 4 is 5.91 Å². The van der Waals surface area contributed by atoms with Gasteiger partial charge in [-0.15, -0.1) is 0 Å². The maximum atomic E-state index is 13.3. The highest BCUT2D eigenvalue weighted by Gasteiger charge is 2.30. The summed E-state index contributed by atoms with van der Waals surface area (Å²) in [6, 6.07) is 0. The Morgan fingerprint density at radius 3 is 2.69 bits per heavy atom. The van der Waals surface area contributed by atoms with E-state index in [9.17, 15) is 4.79 Å². The second-order valence-corrected chi connectivity index (χ2v) is 8.76. The number of carbonyl (C=O) groups is 1. The van der Waals surface area contributed by atoms with Gasteiger partial charge >= 0.3 is 0 Å². The average Bonchev–Trinajstić information content (AvgIpc) is 2.71. The molecule has 0 aromatic carbocycles. The SMILES string of the molecule is C/C=C\CCN1CCOC(C(=O)N(C/C(=C/CCC(C)CN)CC)CC(C)C)C1. The molecule has 1 amide bonds. The molecule has 2 atom stereocenters. The predicted octanol–water partition coefficient (Wildman–Crippen LogP) is 3.85. The van der Waals surface area contributed by atoms with Crippen LogP contribution < -0.4 is 5.73 Å². The molecule has 2 N–H and O–H groups in total. The van der Waals surface area contributed by atoms with E-state index in [1.165, 1.54) is 5.57 Å². The molecule has 1 heterocycles. The number of nitrogens with zero attached hydrogens (tertiary/aromatic N) is 2. The van der Waals surface area contributed by atoms with Crippen LogP contribution in [-0.2, 0) is 9.53 Å². The fourth-order valence-corrected chi connectivity index (χ4v) is 3.61. The Kier molecular flexibility index (Phi) is 13.2. The van der Waals surface area contributed by atoms with Crippen LogP contribution in [-0.4, -0.2) is 67.7 Å². The van der Waals surface area contributed by atoms with Gasteiger partial charge in [-0.2, -0.15) is 0 Å². The first-order chi connectivity index (χ1) is 13.9. The van der Waals surface area contributed by atoms with Gasteiger partial charge in [-0.05, 0) is 51.0 Å². The first-order valence-corrected chi connectivity index (χ1v) is 11.5. The first kappa shape index (κ1) is 25.9. The zero-order valence-corrected chi connectivity index (χ0v) is 19.5. The predicted molar refractivity (Wildman–Crippen MR) is 123 cm³/mol. The Hall–Kier alpha value is -1.17. The van der Waals surface area contributed by atoms with Crippen molar-refractivity contribution in [3.63, 3.8) is 0 Å². The molecule has 0 bridgehead atoms. The van der Waals surface area contributed by atoms with Crippen LogP contribution in [0.5, 0.6) is 0 Å². The monoisotopic (exact) mass is 407 g/mol. The average molecular weight is 408 g/mol. The Bertz CT molecular complexity index is 516. The summed E-state index contributed by atoms with van der Waals surface area (Å²) in [6.45, 7) is 16.2. The van der Waals surface area contributed by atoms with Crippen molar-refractivity contribution < 1.29 is 9.53 Å². The number of ether oxygens (including phenoxy) is 1. The quantitative estimate of drug-likeness (QED) is 0.471. The summed E-state index contributed by atoms with van der Waals surface area (Å²) in [5, 5.41) is 0. The zero-order valence-electron chi connectivity index (χ0n) is 19.5. The second-order valence-electron chi connectivity index (χ2n) is 8.76. The summed E-state index contributed by atoms with van der Waals surface area (Å²) in [6.07, 6.45) is 10.4. The Balaban J connectivity index is 2.74. The minimum atomic E-state index is -0.344. The highest BCUT2D eigenvalue weighted by molar-refractivity contribution is 5.81. The number of morpholine rings is 1. The molecule has 29 heavy (non-hydrogen) atoms. The molecule has 0 aromatic rings. The van der Waals surface area contributed by atoms with E-state index in [0.29, 0.717) is 31.5 Å². The van der Waals surface area contributed by atoms with Crippen molar-refractivity contribution in [1.29, 1.82) is 0 Å². The molecule has 1 fully saturated rings. The van der Waals surface area contributed by atoms with Gasteiger partial charge in [-0.1, -0.05) is 51.5 Å². The summed E-state index contributed by atoms with van der Waals surface area (Å²) in [5.74, 6) is 1.12. The normalized spacial score (nSPS) is 19.8. The number of allylic oxidation sites excluding steroid dienone is 2. The maximum absolute atomic E-state index is 13.3. The van der Waals surface area contributed by atoms with Gasteiger partial charge < -0.3 is 15.4 Å². The van der Waals surface area contributed by atoms with Crippen molar-refractivity contribution in [2.75, 3.05) is 45.9 Å².